The highest BCUT2D eigenvalue weighted by molar-refractivity contribution is 5.90. The number of urea groups is 1. The number of hydrogen-bond acceptors (Lipinski definition) is 4. The van der Waals surface area contributed by atoms with Gasteiger partial charge in [-0.05, 0) is 24.3 Å². The van der Waals surface area contributed by atoms with E-state index >= 15 is 0 Å². The minimum absolute atomic E-state index is 0.0158. The number of halogens is 3. The molecule has 0 aliphatic rings. The van der Waals surface area contributed by atoms with Crippen LogP contribution in [-0.2, 0) is 0 Å². The molecule has 1 aromatic carbocycles. The Morgan fingerprint density at radius 2 is 2.12 bits per heavy atom. The standard InChI is InChI=1S/C15H15F3N2O4/c16-9-3-4-10(13(6-9)24-8-14(17)18)20-15(22)19-7-11(21)12-2-1-5-23-12/h1-6,11,14,21H,7-8H2,(H2,19,20,22). The third-order valence-corrected chi connectivity index (χ3v) is 2.88. The van der Waals surface area contributed by atoms with Crippen molar-refractivity contribution in [2.75, 3.05) is 18.5 Å². The van der Waals surface area contributed by atoms with Crippen molar-refractivity contribution in [2.45, 2.75) is 12.5 Å². The molecule has 130 valence electrons. The molecule has 0 radical (unpaired) electrons. The Bertz CT molecular complexity index is 665. The van der Waals surface area contributed by atoms with Gasteiger partial charge in [-0.25, -0.2) is 18.0 Å². The van der Waals surface area contributed by atoms with Gasteiger partial charge in [-0.1, -0.05) is 0 Å². The van der Waals surface area contributed by atoms with Crippen molar-refractivity contribution in [2.24, 2.45) is 0 Å². The summed E-state index contributed by atoms with van der Waals surface area (Å²) in [5.74, 6) is -0.645. The van der Waals surface area contributed by atoms with Crippen molar-refractivity contribution in [1.29, 1.82) is 0 Å². The van der Waals surface area contributed by atoms with E-state index in [-0.39, 0.29) is 23.7 Å². The lowest BCUT2D eigenvalue weighted by Crippen LogP contribution is -2.32. The van der Waals surface area contributed by atoms with Crippen molar-refractivity contribution >= 4 is 11.7 Å². The lowest BCUT2D eigenvalue weighted by atomic mass is 10.2. The predicted octanol–water partition coefficient (Wildman–Crippen LogP) is 2.92. The summed E-state index contributed by atoms with van der Waals surface area (Å²) < 4.78 is 47.3. The normalized spacial score (nSPS) is 12.0. The van der Waals surface area contributed by atoms with Crippen molar-refractivity contribution in [3.05, 3.63) is 48.2 Å². The van der Waals surface area contributed by atoms with Gasteiger partial charge in [-0.15, -0.1) is 0 Å². The fourth-order valence-electron chi connectivity index (χ4n) is 1.81. The molecular weight excluding hydrogens is 329 g/mol. The maximum absolute atomic E-state index is 13.2. The number of ether oxygens (including phenoxy) is 1. The maximum atomic E-state index is 13.2. The summed E-state index contributed by atoms with van der Waals surface area (Å²) in [5.41, 5.74) is 0.0158. The van der Waals surface area contributed by atoms with Gasteiger partial charge in [0, 0.05) is 6.07 Å². The molecule has 0 aliphatic heterocycles. The van der Waals surface area contributed by atoms with Gasteiger partial charge in [0.2, 0.25) is 0 Å². The molecule has 0 saturated heterocycles. The second-order valence-electron chi connectivity index (χ2n) is 4.71. The smallest absolute Gasteiger partial charge is 0.319 e. The molecular formula is C15H15F3N2O4. The van der Waals surface area contributed by atoms with Crippen LogP contribution in [0.3, 0.4) is 0 Å². The van der Waals surface area contributed by atoms with E-state index in [1.54, 1.807) is 12.1 Å². The molecule has 24 heavy (non-hydrogen) atoms. The maximum Gasteiger partial charge on any atom is 0.319 e. The zero-order chi connectivity index (χ0) is 17.5. The minimum Gasteiger partial charge on any atom is -0.485 e. The SMILES string of the molecule is O=C(NCC(O)c1ccco1)Nc1ccc(F)cc1OCC(F)F. The topological polar surface area (TPSA) is 83.7 Å². The number of aliphatic hydroxyl groups is 1. The molecule has 1 atom stereocenters. The molecule has 1 unspecified atom stereocenters. The minimum atomic E-state index is -2.74. The Kier molecular flexibility index (Phi) is 6.07. The summed E-state index contributed by atoms with van der Waals surface area (Å²) in [5, 5.41) is 14.5. The summed E-state index contributed by atoms with van der Waals surface area (Å²) in [7, 11) is 0. The van der Waals surface area contributed by atoms with Crippen LogP contribution >= 0.6 is 0 Å². The van der Waals surface area contributed by atoms with Gasteiger partial charge in [-0.2, -0.15) is 0 Å². The second-order valence-corrected chi connectivity index (χ2v) is 4.71. The number of amides is 2. The van der Waals surface area contributed by atoms with Crippen LogP contribution in [-0.4, -0.2) is 30.7 Å². The molecule has 3 N–H and O–H groups in total. The molecule has 9 heteroatoms. The Morgan fingerprint density at radius 3 is 2.79 bits per heavy atom. The number of rotatable bonds is 7. The van der Waals surface area contributed by atoms with Gasteiger partial charge in [0.25, 0.3) is 6.43 Å². The van der Waals surface area contributed by atoms with Gasteiger partial charge in [0.15, 0.2) is 0 Å². The van der Waals surface area contributed by atoms with Crippen LogP contribution in [0.4, 0.5) is 23.7 Å². The van der Waals surface area contributed by atoms with E-state index in [2.05, 4.69) is 10.6 Å². The number of anilines is 1. The average molecular weight is 344 g/mol. The summed E-state index contributed by atoms with van der Waals surface area (Å²) >= 11 is 0. The predicted molar refractivity (Wildman–Crippen MR) is 78.6 cm³/mol. The molecule has 2 aromatic rings. The summed E-state index contributed by atoms with van der Waals surface area (Å²) in [4.78, 5) is 11.8. The molecule has 6 nitrogen and oxygen atoms in total. The van der Waals surface area contributed by atoms with Crippen LogP contribution in [0.1, 0.15) is 11.9 Å². The third-order valence-electron chi connectivity index (χ3n) is 2.88. The monoisotopic (exact) mass is 344 g/mol. The lowest BCUT2D eigenvalue weighted by Gasteiger charge is -2.14. The quantitative estimate of drug-likeness (QED) is 0.721. The van der Waals surface area contributed by atoms with Gasteiger partial charge in [0.1, 0.15) is 30.0 Å². The molecule has 1 aromatic heterocycles. The van der Waals surface area contributed by atoms with Crippen LogP contribution in [0.25, 0.3) is 0 Å². The van der Waals surface area contributed by atoms with Gasteiger partial charge < -0.3 is 24.9 Å². The third kappa shape index (κ3) is 5.20. The van der Waals surface area contributed by atoms with Crippen molar-refractivity contribution in [3.63, 3.8) is 0 Å². The molecule has 0 saturated carbocycles. The van der Waals surface area contributed by atoms with Crippen LogP contribution < -0.4 is 15.4 Å². The van der Waals surface area contributed by atoms with E-state index in [1.165, 1.54) is 12.3 Å². The first kappa shape index (κ1) is 17.7. The van der Waals surface area contributed by atoms with Gasteiger partial charge in [0.05, 0.1) is 18.5 Å². The summed E-state index contributed by atoms with van der Waals surface area (Å²) in [6.07, 6.45) is -2.41. The molecule has 0 aliphatic carbocycles. The van der Waals surface area contributed by atoms with Gasteiger partial charge >= 0.3 is 6.03 Å². The molecule has 0 spiro atoms. The number of benzene rings is 1. The zero-order valence-electron chi connectivity index (χ0n) is 12.3. The van der Waals surface area contributed by atoms with E-state index in [0.717, 1.165) is 12.1 Å². The highest BCUT2D eigenvalue weighted by atomic mass is 19.3. The summed E-state index contributed by atoms with van der Waals surface area (Å²) in [6, 6.07) is 5.51. The number of carbonyl (C=O) groups excluding carboxylic acids is 1. The largest absolute Gasteiger partial charge is 0.485 e. The number of furan rings is 1. The molecule has 2 amide bonds. The van der Waals surface area contributed by atoms with Crippen molar-refractivity contribution in [1.82, 2.24) is 5.32 Å². The second kappa shape index (κ2) is 8.25. The molecule has 0 bridgehead atoms. The molecule has 1 heterocycles. The number of alkyl halides is 2. The Morgan fingerprint density at radius 1 is 1.33 bits per heavy atom. The van der Waals surface area contributed by atoms with Crippen LogP contribution in [0.15, 0.2) is 41.0 Å². The first-order valence-electron chi connectivity index (χ1n) is 6.92. The Balaban J connectivity index is 1.93. The highest BCUT2D eigenvalue weighted by Crippen LogP contribution is 2.26. The van der Waals surface area contributed by atoms with Crippen molar-refractivity contribution < 1.29 is 32.2 Å². The van der Waals surface area contributed by atoms with Crippen LogP contribution in [0.5, 0.6) is 5.75 Å². The van der Waals surface area contributed by atoms with Gasteiger partial charge in [-0.3, -0.25) is 0 Å². The number of carbonyl (C=O) groups is 1. The van der Waals surface area contributed by atoms with E-state index in [1.807, 2.05) is 0 Å². The van der Waals surface area contributed by atoms with Crippen LogP contribution in [0, 0.1) is 5.82 Å². The highest BCUT2D eigenvalue weighted by Gasteiger charge is 2.14. The van der Waals surface area contributed by atoms with E-state index in [4.69, 9.17) is 9.15 Å². The van der Waals surface area contributed by atoms with Crippen LogP contribution in [0.2, 0.25) is 0 Å². The van der Waals surface area contributed by atoms with E-state index in [9.17, 15) is 23.1 Å². The fourth-order valence-corrected chi connectivity index (χ4v) is 1.81. The zero-order valence-corrected chi connectivity index (χ0v) is 12.3. The fraction of sp³-hybridized carbons (Fsp3) is 0.267. The Hall–Kier alpha value is -2.68. The summed E-state index contributed by atoms with van der Waals surface area (Å²) in [6.45, 7) is -1.08. The molecule has 0 fully saturated rings. The van der Waals surface area contributed by atoms with Crippen molar-refractivity contribution in [3.8, 4) is 5.75 Å². The van der Waals surface area contributed by atoms with E-state index < -0.39 is 31.0 Å². The number of aliphatic hydroxyl groups excluding tert-OH is 1. The Labute approximate surface area is 135 Å². The van der Waals surface area contributed by atoms with E-state index in [0.29, 0.717) is 0 Å². The molecule has 2 rings (SSSR count). The first-order valence-corrected chi connectivity index (χ1v) is 6.92. The average Bonchev–Trinajstić information content (AvgIpc) is 3.07. The first-order chi connectivity index (χ1) is 11.5. The number of hydrogen-bond donors (Lipinski definition) is 3. The lowest BCUT2D eigenvalue weighted by molar-refractivity contribution is 0.0821. The number of nitrogens with one attached hydrogen (secondary N) is 2.